The number of rotatable bonds is 8. The van der Waals surface area contributed by atoms with E-state index in [0.29, 0.717) is 37.2 Å². The van der Waals surface area contributed by atoms with Gasteiger partial charge in [-0.3, -0.25) is 14.4 Å². The molecule has 176 valence electrons. The molecule has 3 rings (SSSR count). The van der Waals surface area contributed by atoms with Gasteiger partial charge in [-0.2, -0.15) is 13.2 Å². The summed E-state index contributed by atoms with van der Waals surface area (Å²) in [7, 11) is 0. The maximum absolute atomic E-state index is 13.6. The van der Waals surface area contributed by atoms with E-state index in [0.717, 1.165) is 12.1 Å². The molecule has 0 aliphatic carbocycles. The molecule has 2 N–H and O–H groups in total. The number of carbonyl (C=O) groups is 3. The number of carbonyl (C=O) groups excluding carboxylic acids is 3. The van der Waals surface area contributed by atoms with E-state index >= 15 is 0 Å². The molecular formula is C23H23F3N2O5. The first-order valence-corrected chi connectivity index (χ1v) is 10.4. The summed E-state index contributed by atoms with van der Waals surface area (Å²) in [5.41, 5.74) is -1.13. The molecule has 0 spiro atoms. The summed E-state index contributed by atoms with van der Waals surface area (Å²) in [6, 6.07) is 9.19. The molecule has 33 heavy (non-hydrogen) atoms. The van der Waals surface area contributed by atoms with Gasteiger partial charge in [0.05, 0.1) is 11.3 Å². The van der Waals surface area contributed by atoms with Crippen molar-refractivity contribution in [2.24, 2.45) is 0 Å². The zero-order valence-corrected chi connectivity index (χ0v) is 17.8. The normalized spacial score (nSPS) is 15.7. The van der Waals surface area contributed by atoms with E-state index in [4.69, 9.17) is 9.47 Å². The lowest BCUT2D eigenvalue weighted by Crippen LogP contribution is -2.27. The average molecular weight is 464 g/mol. The standard InChI is InChI=1S/C23H23F3N2O5/c1-2-19(29)14-5-8-16(9-6-14)33-13-21(30)28-18-10-7-15(12-17(18)23(24,25)26)27-22(31)20-4-3-11-32-20/h5-10,12,20H,2-4,11,13H2,1H3,(H,27,31)(H,28,30). The summed E-state index contributed by atoms with van der Waals surface area (Å²) in [4.78, 5) is 35.9. The van der Waals surface area contributed by atoms with Crippen molar-refractivity contribution in [3.63, 3.8) is 0 Å². The third-order valence-corrected chi connectivity index (χ3v) is 4.96. The number of Topliss-reactive ketones (excluding diaryl/α,β-unsaturated/α-hetero) is 1. The van der Waals surface area contributed by atoms with Crippen LogP contribution in [0.5, 0.6) is 5.75 Å². The Balaban J connectivity index is 1.64. The van der Waals surface area contributed by atoms with Gasteiger partial charge in [0.1, 0.15) is 11.9 Å². The lowest BCUT2D eigenvalue weighted by atomic mass is 10.1. The summed E-state index contributed by atoms with van der Waals surface area (Å²) in [5.74, 6) is -1.07. The zero-order chi connectivity index (χ0) is 24.0. The fraction of sp³-hybridized carbons (Fsp3) is 0.348. The Morgan fingerprint density at radius 1 is 1.09 bits per heavy atom. The molecule has 0 bridgehead atoms. The Labute approximate surface area is 188 Å². The molecule has 0 aromatic heterocycles. The highest BCUT2D eigenvalue weighted by Crippen LogP contribution is 2.36. The smallest absolute Gasteiger partial charge is 0.418 e. The second-order valence-corrected chi connectivity index (χ2v) is 7.39. The van der Waals surface area contributed by atoms with Crippen molar-refractivity contribution in [2.75, 3.05) is 23.8 Å². The summed E-state index contributed by atoms with van der Waals surface area (Å²) in [6.07, 6.45) is -3.90. The highest BCUT2D eigenvalue weighted by atomic mass is 19.4. The topological polar surface area (TPSA) is 93.7 Å². The van der Waals surface area contributed by atoms with Crippen molar-refractivity contribution >= 4 is 29.0 Å². The number of halogens is 3. The molecule has 2 aromatic carbocycles. The highest BCUT2D eigenvalue weighted by Gasteiger charge is 2.35. The van der Waals surface area contributed by atoms with E-state index in [1.54, 1.807) is 19.1 Å². The summed E-state index contributed by atoms with van der Waals surface area (Å²) in [6.45, 7) is 1.63. The molecule has 7 nitrogen and oxygen atoms in total. The van der Waals surface area contributed by atoms with Crippen LogP contribution in [0.4, 0.5) is 24.5 Å². The van der Waals surface area contributed by atoms with E-state index in [1.807, 2.05) is 0 Å². The van der Waals surface area contributed by atoms with Gasteiger partial charge in [-0.05, 0) is 55.3 Å². The maximum Gasteiger partial charge on any atom is 0.418 e. The van der Waals surface area contributed by atoms with Crippen LogP contribution in [0.2, 0.25) is 0 Å². The van der Waals surface area contributed by atoms with Crippen LogP contribution in [-0.2, 0) is 20.5 Å². The second kappa shape index (κ2) is 10.5. The molecule has 1 saturated heterocycles. The van der Waals surface area contributed by atoms with Crippen LogP contribution in [0, 0.1) is 0 Å². The molecule has 1 fully saturated rings. The minimum atomic E-state index is -4.77. The number of ketones is 1. The molecule has 10 heteroatoms. The third-order valence-electron chi connectivity index (χ3n) is 4.96. The average Bonchev–Trinajstić information content (AvgIpc) is 3.33. The lowest BCUT2D eigenvalue weighted by molar-refractivity contribution is -0.137. The molecule has 2 amide bonds. The van der Waals surface area contributed by atoms with Gasteiger partial charge in [-0.1, -0.05) is 6.92 Å². The lowest BCUT2D eigenvalue weighted by Gasteiger charge is -2.17. The van der Waals surface area contributed by atoms with Crippen molar-refractivity contribution in [3.05, 3.63) is 53.6 Å². The van der Waals surface area contributed by atoms with E-state index in [2.05, 4.69) is 10.6 Å². The zero-order valence-electron chi connectivity index (χ0n) is 17.8. The fourth-order valence-electron chi connectivity index (χ4n) is 3.25. The van der Waals surface area contributed by atoms with Gasteiger partial charge >= 0.3 is 6.18 Å². The molecule has 1 aliphatic heterocycles. The number of anilines is 2. The monoisotopic (exact) mass is 464 g/mol. The molecular weight excluding hydrogens is 441 g/mol. The Morgan fingerprint density at radius 3 is 2.42 bits per heavy atom. The van der Waals surface area contributed by atoms with Crippen LogP contribution in [0.25, 0.3) is 0 Å². The molecule has 0 radical (unpaired) electrons. The Bertz CT molecular complexity index is 1020. The molecule has 1 atom stereocenters. The van der Waals surface area contributed by atoms with E-state index < -0.39 is 42.0 Å². The van der Waals surface area contributed by atoms with Gasteiger partial charge < -0.3 is 20.1 Å². The SMILES string of the molecule is CCC(=O)c1ccc(OCC(=O)Nc2ccc(NC(=O)C3CCCO3)cc2C(F)(F)F)cc1. The van der Waals surface area contributed by atoms with Gasteiger partial charge in [0.25, 0.3) is 11.8 Å². The van der Waals surface area contributed by atoms with Crippen LogP contribution in [0.15, 0.2) is 42.5 Å². The quantitative estimate of drug-likeness (QED) is 0.564. The Morgan fingerprint density at radius 2 is 1.82 bits per heavy atom. The predicted molar refractivity (Wildman–Crippen MR) is 114 cm³/mol. The number of benzene rings is 2. The summed E-state index contributed by atoms with van der Waals surface area (Å²) >= 11 is 0. The highest BCUT2D eigenvalue weighted by molar-refractivity contribution is 5.97. The Kier molecular flexibility index (Phi) is 7.70. The van der Waals surface area contributed by atoms with Gasteiger partial charge in [-0.25, -0.2) is 0 Å². The van der Waals surface area contributed by atoms with Gasteiger partial charge in [-0.15, -0.1) is 0 Å². The number of nitrogens with one attached hydrogen (secondary N) is 2. The van der Waals surface area contributed by atoms with Gasteiger partial charge in [0.15, 0.2) is 12.4 Å². The number of amides is 2. The number of alkyl halides is 3. The molecule has 1 unspecified atom stereocenters. The van der Waals surface area contributed by atoms with Crippen molar-refractivity contribution in [1.29, 1.82) is 0 Å². The van der Waals surface area contributed by atoms with Crippen LogP contribution in [-0.4, -0.2) is 36.9 Å². The van der Waals surface area contributed by atoms with Crippen LogP contribution in [0.1, 0.15) is 42.1 Å². The Hall–Kier alpha value is -3.40. The second-order valence-electron chi connectivity index (χ2n) is 7.39. The third kappa shape index (κ3) is 6.55. The maximum atomic E-state index is 13.6. The van der Waals surface area contributed by atoms with E-state index in [-0.39, 0.29) is 11.5 Å². The van der Waals surface area contributed by atoms with Crippen molar-refractivity contribution in [3.8, 4) is 5.75 Å². The minimum absolute atomic E-state index is 0.0469. The fourth-order valence-corrected chi connectivity index (χ4v) is 3.25. The van der Waals surface area contributed by atoms with Crippen LogP contribution >= 0.6 is 0 Å². The first-order valence-electron chi connectivity index (χ1n) is 10.4. The number of hydrogen-bond acceptors (Lipinski definition) is 5. The van der Waals surface area contributed by atoms with Crippen LogP contribution in [0.3, 0.4) is 0 Å². The van der Waals surface area contributed by atoms with Crippen LogP contribution < -0.4 is 15.4 Å². The number of hydrogen-bond donors (Lipinski definition) is 2. The van der Waals surface area contributed by atoms with E-state index in [1.165, 1.54) is 18.2 Å². The first kappa shape index (κ1) is 24.2. The largest absolute Gasteiger partial charge is 0.484 e. The summed E-state index contributed by atoms with van der Waals surface area (Å²) in [5, 5.41) is 4.60. The predicted octanol–water partition coefficient (Wildman–Crippen LogP) is 4.43. The number of ether oxygens (including phenoxy) is 2. The van der Waals surface area contributed by atoms with Gasteiger partial charge in [0, 0.05) is 24.3 Å². The van der Waals surface area contributed by atoms with Crippen molar-refractivity contribution < 1.29 is 37.0 Å². The van der Waals surface area contributed by atoms with Crippen molar-refractivity contribution in [1.82, 2.24) is 0 Å². The molecule has 1 aliphatic rings. The van der Waals surface area contributed by atoms with Crippen molar-refractivity contribution in [2.45, 2.75) is 38.5 Å². The summed E-state index contributed by atoms with van der Waals surface area (Å²) < 4.78 is 51.2. The minimum Gasteiger partial charge on any atom is -0.484 e. The van der Waals surface area contributed by atoms with E-state index in [9.17, 15) is 27.6 Å². The van der Waals surface area contributed by atoms with Gasteiger partial charge in [0.2, 0.25) is 0 Å². The first-order chi connectivity index (χ1) is 15.7. The molecule has 1 heterocycles. The molecule has 0 saturated carbocycles. The molecule has 2 aromatic rings.